The molecule has 1 aromatic rings. The van der Waals surface area contributed by atoms with Crippen molar-refractivity contribution in [3.8, 4) is 0 Å². The number of rotatable bonds is 4. The topological polar surface area (TPSA) is 77.8 Å². The van der Waals surface area contributed by atoms with E-state index >= 15 is 0 Å². The molecule has 0 aromatic heterocycles. The van der Waals surface area contributed by atoms with Crippen LogP contribution in [0.2, 0.25) is 5.02 Å². The van der Waals surface area contributed by atoms with Gasteiger partial charge in [-0.05, 0) is 12.1 Å². The van der Waals surface area contributed by atoms with Crippen LogP contribution in [0.3, 0.4) is 0 Å². The maximum atomic E-state index is 13.5. The average molecular weight is 281 g/mol. The van der Waals surface area contributed by atoms with Crippen LogP contribution in [0.15, 0.2) is 12.1 Å². The van der Waals surface area contributed by atoms with Crippen LogP contribution in [0.5, 0.6) is 0 Å². The molecule has 3 N–H and O–H groups in total. The van der Waals surface area contributed by atoms with Gasteiger partial charge < -0.3 is 15.3 Å². The molecule has 2 unspecified atom stereocenters. The second kappa shape index (κ2) is 5.68. The van der Waals surface area contributed by atoms with E-state index in [1.807, 2.05) is 0 Å². The number of aromatic carboxylic acids is 1. The summed E-state index contributed by atoms with van der Waals surface area (Å²) in [6.07, 6.45) is -2.77. The molecular weight excluding hydrogens is 271 g/mol. The zero-order valence-corrected chi connectivity index (χ0v) is 10.1. The number of halogens is 2. The van der Waals surface area contributed by atoms with Crippen molar-refractivity contribution in [1.82, 2.24) is 0 Å². The number of hydrogen-bond acceptors (Lipinski definition) is 4. The van der Waals surface area contributed by atoms with Crippen LogP contribution in [-0.4, -0.2) is 33.1 Å². The Morgan fingerprint density at radius 2 is 2.06 bits per heavy atom. The zero-order valence-electron chi connectivity index (χ0n) is 8.47. The molecule has 17 heavy (non-hydrogen) atoms. The molecule has 0 aliphatic rings. The van der Waals surface area contributed by atoms with Crippen molar-refractivity contribution in [2.24, 2.45) is 0 Å². The second-order valence-electron chi connectivity index (χ2n) is 3.35. The third-order valence-electron chi connectivity index (χ3n) is 2.19. The van der Waals surface area contributed by atoms with Crippen molar-refractivity contribution < 1.29 is 24.5 Å². The average Bonchev–Trinajstić information content (AvgIpc) is 2.29. The fourth-order valence-corrected chi connectivity index (χ4v) is 1.71. The Balaban J connectivity index is 3.20. The van der Waals surface area contributed by atoms with Gasteiger partial charge in [-0.2, -0.15) is 12.6 Å². The van der Waals surface area contributed by atoms with Crippen molar-refractivity contribution in [1.29, 1.82) is 0 Å². The largest absolute Gasteiger partial charge is 0.478 e. The van der Waals surface area contributed by atoms with Gasteiger partial charge in [0.15, 0.2) is 0 Å². The van der Waals surface area contributed by atoms with Crippen LogP contribution >= 0.6 is 24.2 Å². The number of aliphatic hydroxyl groups is 2. The van der Waals surface area contributed by atoms with E-state index in [2.05, 4.69) is 12.6 Å². The Hall–Kier alpha value is -0.820. The molecule has 0 bridgehead atoms. The number of carboxylic acid groups (broad SMARTS) is 1. The Bertz CT molecular complexity index is 441. The number of thiol groups is 1. The van der Waals surface area contributed by atoms with Gasteiger partial charge in [0, 0.05) is 11.3 Å². The maximum absolute atomic E-state index is 13.5. The summed E-state index contributed by atoms with van der Waals surface area (Å²) >= 11 is 9.39. The number of carbonyl (C=O) groups is 1. The minimum absolute atomic E-state index is 0.0705. The van der Waals surface area contributed by atoms with E-state index in [0.29, 0.717) is 6.07 Å². The van der Waals surface area contributed by atoms with Crippen LogP contribution < -0.4 is 0 Å². The summed E-state index contributed by atoms with van der Waals surface area (Å²) in [5.74, 6) is -2.39. The van der Waals surface area contributed by atoms with E-state index < -0.39 is 29.6 Å². The van der Waals surface area contributed by atoms with Gasteiger partial charge in [0.05, 0.1) is 16.7 Å². The maximum Gasteiger partial charge on any atom is 0.337 e. The molecule has 0 aliphatic carbocycles. The summed E-state index contributed by atoms with van der Waals surface area (Å²) < 4.78 is 13.5. The highest BCUT2D eigenvalue weighted by atomic mass is 35.5. The molecule has 4 nitrogen and oxygen atoms in total. The van der Waals surface area contributed by atoms with Crippen molar-refractivity contribution in [2.75, 3.05) is 5.75 Å². The van der Waals surface area contributed by atoms with Gasteiger partial charge in [-0.1, -0.05) is 11.6 Å². The fourth-order valence-electron chi connectivity index (χ4n) is 1.26. The second-order valence-corrected chi connectivity index (χ2v) is 4.13. The SMILES string of the molecule is O=C(O)c1cc(F)c(C(O)C(O)CS)cc1Cl. The first-order valence-corrected chi connectivity index (χ1v) is 5.58. The molecule has 2 atom stereocenters. The lowest BCUT2D eigenvalue weighted by molar-refractivity contribution is 0.0314. The van der Waals surface area contributed by atoms with E-state index in [-0.39, 0.29) is 16.3 Å². The van der Waals surface area contributed by atoms with Crippen molar-refractivity contribution in [3.05, 3.63) is 34.1 Å². The Morgan fingerprint density at radius 3 is 2.53 bits per heavy atom. The molecule has 0 spiro atoms. The summed E-state index contributed by atoms with van der Waals surface area (Å²) in [4.78, 5) is 10.7. The van der Waals surface area contributed by atoms with Crippen LogP contribution in [-0.2, 0) is 0 Å². The smallest absolute Gasteiger partial charge is 0.337 e. The van der Waals surface area contributed by atoms with Crippen LogP contribution in [0.4, 0.5) is 4.39 Å². The van der Waals surface area contributed by atoms with Crippen molar-refractivity contribution in [2.45, 2.75) is 12.2 Å². The van der Waals surface area contributed by atoms with Gasteiger partial charge in [-0.25, -0.2) is 9.18 Å². The predicted octanol–water partition coefficient (Wildman–Crippen LogP) is 1.50. The van der Waals surface area contributed by atoms with Gasteiger partial charge in [0.25, 0.3) is 0 Å². The molecule has 0 fully saturated rings. The summed E-state index contributed by atoms with van der Waals surface area (Å²) in [5.41, 5.74) is -0.665. The van der Waals surface area contributed by atoms with Crippen molar-refractivity contribution in [3.63, 3.8) is 0 Å². The van der Waals surface area contributed by atoms with Crippen LogP contribution in [0, 0.1) is 5.82 Å². The molecule has 0 saturated heterocycles. The molecule has 1 rings (SSSR count). The molecule has 0 saturated carbocycles. The molecule has 7 heteroatoms. The van der Waals surface area contributed by atoms with E-state index in [9.17, 15) is 19.4 Å². The Labute approximate surface area is 107 Å². The molecule has 1 aromatic carbocycles. The minimum atomic E-state index is -1.51. The van der Waals surface area contributed by atoms with Crippen LogP contribution in [0.25, 0.3) is 0 Å². The van der Waals surface area contributed by atoms with Gasteiger partial charge >= 0.3 is 5.97 Å². The summed E-state index contributed by atoms with van der Waals surface area (Å²) in [7, 11) is 0. The Kier molecular flexibility index (Phi) is 4.76. The first-order valence-electron chi connectivity index (χ1n) is 4.57. The van der Waals surface area contributed by atoms with E-state index in [1.54, 1.807) is 0 Å². The Morgan fingerprint density at radius 1 is 1.47 bits per heavy atom. The summed E-state index contributed by atoms with van der Waals surface area (Å²) in [5, 5.41) is 27.4. The van der Waals surface area contributed by atoms with Gasteiger partial charge in [0.1, 0.15) is 11.9 Å². The van der Waals surface area contributed by atoms with Gasteiger partial charge in [-0.3, -0.25) is 0 Å². The molecule has 0 amide bonds. The normalized spacial score (nSPS) is 14.4. The number of benzene rings is 1. The quantitative estimate of drug-likeness (QED) is 0.631. The third kappa shape index (κ3) is 3.10. The molecule has 0 radical (unpaired) electrons. The highest BCUT2D eigenvalue weighted by Crippen LogP contribution is 2.27. The number of hydrogen-bond donors (Lipinski definition) is 4. The molecule has 0 heterocycles. The standard InChI is InChI=1S/C10H10ClFO4S/c11-6-1-5(9(14)8(13)3-17)7(12)2-4(6)10(15)16/h1-2,8-9,13-14,17H,3H2,(H,15,16). The fraction of sp³-hybridized carbons (Fsp3) is 0.300. The lowest BCUT2D eigenvalue weighted by Crippen LogP contribution is -2.21. The van der Waals surface area contributed by atoms with Crippen molar-refractivity contribution >= 4 is 30.2 Å². The number of carboxylic acids is 1. The van der Waals surface area contributed by atoms with Gasteiger partial charge in [-0.15, -0.1) is 0 Å². The first-order chi connectivity index (χ1) is 7.88. The lowest BCUT2D eigenvalue weighted by atomic mass is 10.0. The lowest BCUT2D eigenvalue weighted by Gasteiger charge is -2.17. The first kappa shape index (κ1) is 14.2. The molecule has 0 aliphatic heterocycles. The summed E-state index contributed by atoms with van der Waals surface area (Å²) in [6.45, 7) is 0. The van der Waals surface area contributed by atoms with E-state index in [1.165, 1.54) is 0 Å². The van der Waals surface area contributed by atoms with Gasteiger partial charge in [0.2, 0.25) is 0 Å². The van der Waals surface area contributed by atoms with E-state index in [4.69, 9.17) is 16.7 Å². The number of aliphatic hydroxyl groups excluding tert-OH is 2. The zero-order chi connectivity index (χ0) is 13.2. The molecular formula is C10H10ClFO4S. The predicted molar refractivity (Wildman–Crippen MR) is 63.2 cm³/mol. The third-order valence-corrected chi connectivity index (χ3v) is 2.87. The monoisotopic (exact) mass is 280 g/mol. The van der Waals surface area contributed by atoms with E-state index in [0.717, 1.165) is 6.07 Å². The summed E-state index contributed by atoms with van der Waals surface area (Å²) in [6, 6.07) is 1.69. The molecule has 94 valence electrons. The highest BCUT2D eigenvalue weighted by Gasteiger charge is 2.23. The highest BCUT2D eigenvalue weighted by molar-refractivity contribution is 7.80. The van der Waals surface area contributed by atoms with Crippen LogP contribution in [0.1, 0.15) is 22.0 Å². The minimum Gasteiger partial charge on any atom is -0.478 e.